The summed E-state index contributed by atoms with van der Waals surface area (Å²) < 4.78 is 7.05. The predicted molar refractivity (Wildman–Crippen MR) is 220 cm³/mol. The molecule has 0 N–H and O–H groups in total. The molecule has 10 aromatic rings. The maximum absolute atomic E-state index is 5.92. The molecule has 3 heterocycles. The highest BCUT2D eigenvalue weighted by Crippen LogP contribution is 2.38. The van der Waals surface area contributed by atoms with Gasteiger partial charge >= 0.3 is 0 Å². The fraction of sp³-hybridized carbons (Fsp3) is 0.0204. The van der Waals surface area contributed by atoms with Gasteiger partial charge in [-0.2, -0.15) is 0 Å². The molecule has 0 saturated heterocycles. The van der Waals surface area contributed by atoms with Gasteiger partial charge in [0.25, 0.3) is 0 Å². The Morgan fingerprint density at radius 3 is 1.44 bits per heavy atom. The molecule has 7 aromatic carbocycles. The van der Waals surface area contributed by atoms with Gasteiger partial charge in [0.2, 0.25) is 0 Å². The summed E-state index contributed by atoms with van der Waals surface area (Å²) >= 11 is 0. The van der Waals surface area contributed by atoms with Crippen molar-refractivity contribution in [3.05, 3.63) is 174 Å². The smallest absolute Gasteiger partial charge is 0.0542 e. The van der Waals surface area contributed by atoms with E-state index in [9.17, 15) is 0 Å². The molecule has 0 saturated carbocycles. The summed E-state index contributed by atoms with van der Waals surface area (Å²) in [5.74, 6) is 2.81. The van der Waals surface area contributed by atoms with Crippen molar-refractivity contribution in [1.82, 2.24) is 13.7 Å². The lowest BCUT2D eigenvalue weighted by Crippen LogP contribution is -2.27. The molecule has 3 nitrogen and oxygen atoms in total. The lowest BCUT2D eigenvalue weighted by molar-refractivity contribution is 1.07. The summed E-state index contributed by atoms with van der Waals surface area (Å²) in [6.45, 7) is 2.08. The van der Waals surface area contributed by atoms with E-state index in [1.807, 2.05) is 12.1 Å². The average molecular weight is 664 g/mol. The maximum Gasteiger partial charge on any atom is 0.0542 e. The Morgan fingerprint density at radius 2 is 0.885 bits per heavy atom. The van der Waals surface area contributed by atoms with Crippen LogP contribution in [0.5, 0.6) is 0 Å². The Hall–Kier alpha value is -7.02. The molecule has 0 radical (unpaired) electrons. The van der Waals surface area contributed by atoms with Crippen molar-refractivity contribution in [2.45, 2.75) is 6.92 Å². The topological polar surface area (TPSA) is 14.8 Å². The molecule has 0 unspecified atom stereocenters. The van der Waals surface area contributed by atoms with Crippen LogP contribution in [0.15, 0.2) is 164 Å². The lowest BCUT2D eigenvalue weighted by Gasteiger charge is -2.11. The van der Waals surface area contributed by atoms with Crippen molar-refractivity contribution >= 4 is 66.7 Å². The Bertz CT molecular complexity index is 3180. The summed E-state index contributed by atoms with van der Waals surface area (Å²) in [5.41, 5.74) is 11.6. The third-order valence-corrected chi connectivity index (χ3v) is 10.5. The van der Waals surface area contributed by atoms with Gasteiger partial charge in [-0.3, -0.25) is 0 Å². The van der Waals surface area contributed by atoms with Gasteiger partial charge in [-0.25, -0.2) is 0 Å². The second-order valence-corrected chi connectivity index (χ2v) is 13.3. The highest BCUT2D eigenvalue weighted by atomic mass is 15.0. The molecule has 0 aliphatic heterocycles. The van der Waals surface area contributed by atoms with E-state index in [1.54, 1.807) is 0 Å². The fourth-order valence-corrected chi connectivity index (χ4v) is 8.28. The van der Waals surface area contributed by atoms with Gasteiger partial charge in [-0.15, -0.1) is 6.42 Å². The van der Waals surface area contributed by atoms with Gasteiger partial charge in [0.15, 0.2) is 0 Å². The van der Waals surface area contributed by atoms with Crippen molar-refractivity contribution in [1.29, 1.82) is 0 Å². The Morgan fingerprint density at radius 1 is 0.423 bits per heavy atom. The third-order valence-electron chi connectivity index (χ3n) is 10.5. The number of hydrogen-bond donors (Lipinski definition) is 0. The van der Waals surface area contributed by atoms with Gasteiger partial charge < -0.3 is 13.7 Å². The third kappa shape index (κ3) is 4.42. The van der Waals surface area contributed by atoms with Crippen LogP contribution in [0.1, 0.15) is 6.92 Å². The first-order valence-electron chi connectivity index (χ1n) is 17.7. The van der Waals surface area contributed by atoms with Crippen LogP contribution in [-0.2, 0) is 0 Å². The molecule has 0 amide bonds. The monoisotopic (exact) mass is 663 g/mol. The molecule has 10 rings (SSSR count). The molecule has 52 heavy (non-hydrogen) atoms. The molecular formula is C49H33N3. The van der Waals surface area contributed by atoms with Crippen molar-refractivity contribution in [3.63, 3.8) is 0 Å². The van der Waals surface area contributed by atoms with E-state index in [1.165, 1.54) is 60.4 Å². The number of aromatic nitrogens is 3. The average Bonchev–Trinajstić information content (AvgIpc) is 3.83. The van der Waals surface area contributed by atoms with E-state index in [0.29, 0.717) is 0 Å². The molecule has 0 aliphatic rings. The summed E-state index contributed by atoms with van der Waals surface area (Å²) in [7, 11) is 0. The SMILES string of the molecule is C#C/C=c1\c(=C/C)n(-c2ccccc2)c2ccc(-n3c4ccccc4c4cc(-c5ccc6c(c5)c5ccccc5n6-c5ccccc5)ccc43)cc12. The zero-order valence-electron chi connectivity index (χ0n) is 28.7. The number of fused-ring (bicyclic) bond motifs is 7. The Kier molecular flexibility index (Phi) is 6.77. The summed E-state index contributed by atoms with van der Waals surface area (Å²) in [6.07, 6.45) is 9.96. The highest BCUT2D eigenvalue weighted by Gasteiger charge is 2.17. The first-order chi connectivity index (χ1) is 25.7. The van der Waals surface area contributed by atoms with Crippen LogP contribution in [0.25, 0.3) is 94.9 Å². The molecule has 3 aromatic heterocycles. The normalized spacial score (nSPS) is 12.5. The summed E-state index contributed by atoms with van der Waals surface area (Å²) in [5, 5.41) is 8.21. The minimum absolute atomic E-state index is 1.05. The number of para-hydroxylation sites is 4. The van der Waals surface area contributed by atoms with E-state index < -0.39 is 0 Å². The highest BCUT2D eigenvalue weighted by molar-refractivity contribution is 6.12. The predicted octanol–water partition coefficient (Wildman–Crippen LogP) is 10.7. The van der Waals surface area contributed by atoms with Gasteiger partial charge in [0.05, 0.1) is 32.9 Å². The van der Waals surface area contributed by atoms with Gasteiger partial charge in [0, 0.05) is 49.2 Å². The number of rotatable bonds is 4. The van der Waals surface area contributed by atoms with Gasteiger partial charge in [-0.05, 0) is 103 Å². The van der Waals surface area contributed by atoms with E-state index in [2.05, 4.69) is 190 Å². The standard InChI is InChI=1S/C49H33N3/c1-3-15-38-43-32-37(26-29-49(43)50(44(38)4-2)35-16-7-5-8-17-35)52-46-23-14-12-21-40(46)42-31-34(25-28-48(42)52)33-24-27-47-41(30-33)39-20-11-13-22-45(39)51(47)36-18-9-6-10-19-36/h1,4-32H,2H3/b38-15-,44-4+. The van der Waals surface area contributed by atoms with Crippen LogP contribution in [-0.4, -0.2) is 13.7 Å². The van der Waals surface area contributed by atoms with E-state index >= 15 is 0 Å². The Balaban J connectivity index is 1.17. The van der Waals surface area contributed by atoms with Crippen LogP contribution < -0.4 is 10.6 Å². The second-order valence-electron chi connectivity index (χ2n) is 13.3. The second kappa shape index (κ2) is 11.8. The molecular weight excluding hydrogens is 631 g/mol. The molecule has 3 heteroatoms. The zero-order valence-corrected chi connectivity index (χ0v) is 28.7. The number of hydrogen-bond acceptors (Lipinski definition) is 0. The Labute approximate surface area is 301 Å². The van der Waals surface area contributed by atoms with Gasteiger partial charge in [0.1, 0.15) is 0 Å². The van der Waals surface area contributed by atoms with Crippen LogP contribution in [0, 0.1) is 12.3 Å². The molecule has 0 atom stereocenters. The number of terminal acetylenes is 1. The number of nitrogens with zero attached hydrogens (tertiary/aromatic N) is 3. The van der Waals surface area contributed by atoms with Crippen molar-refractivity contribution in [2.24, 2.45) is 0 Å². The minimum atomic E-state index is 1.05. The summed E-state index contributed by atoms with van der Waals surface area (Å²) in [4.78, 5) is 0. The molecule has 0 fully saturated rings. The molecule has 0 spiro atoms. The number of benzene rings is 7. The van der Waals surface area contributed by atoms with Crippen molar-refractivity contribution < 1.29 is 0 Å². The molecule has 244 valence electrons. The first kappa shape index (κ1) is 29.9. The van der Waals surface area contributed by atoms with E-state index in [-0.39, 0.29) is 0 Å². The van der Waals surface area contributed by atoms with Crippen LogP contribution in [0.3, 0.4) is 0 Å². The largest absolute Gasteiger partial charge is 0.310 e. The minimum Gasteiger partial charge on any atom is -0.310 e. The van der Waals surface area contributed by atoms with Crippen LogP contribution >= 0.6 is 0 Å². The van der Waals surface area contributed by atoms with Crippen molar-refractivity contribution in [2.75, 3.05) is 0 Å². The van der Waals surface area contributed by atoms with Crippen LogP contribution in [0.2, 0.25) is 0 Å². The molecule has 0 aliphatic carbocycles. The maximum atomic E-state index is 5.92. The fourth-order valence-electron chi connectivity index (χ4n) is 8.28. The first-order valence-corrected chi connectivity index (χ1v) is 17.7. The van der Waals surface area contributed by atoms with E-state index in [4.69, 9.17) is 6.42 Å². The summed E-state index contributed by atoms with van der Waals surface area (Å²) in [6, 6.07) is 59.1. The van der Waals surface area contributed by atoms with Crippen molar-refractivity contribution in [3.8, 4) is 40.5 Å². The molecule has 0 bridgehead atoms. The lowest BCUT2D eigenvalue weighted by atomic mass is 10.0. The zero-order chi connectivity index (χ0) is 34.8. The van der Waals surface area contributed by atoms with E-state index in [0.717, 1.165) is 32.8 Å². The quantitative estimate of drug-likeness (QED) is 0.167. The van der Waals surface area contributed by atoms with Gasteiger partial charge in [-0.1, -0.05) is 96.9 Å². The van der Waals surface area contributed by atoms with Crippen LogP contribution in [0.4, 0.5) is 0 Å².